The minimum absolute atomic E-state index is 0.200. The molecular formula is C16H21NO5. The smallest absolute Gasteiger partial charge is 0.352 e. The maximum atomic E-state index is 11.1. The van der Waals surface area contributed by atoms with Gasteiger partial charge in [-0.25, -0.2) is 4.79 Å². The Morgan fingerprint density at radius 3 is 2.59 bits per heavy atom. The van der Waals surface area contributed by atoms with Gasteiger partial charge in [0.1, 0.15) is 5.70 Å². The number of aliphatic carboxylic acids is 1. The molecule has 0 fully saturated rings. The summed E-state index contributed by atoms with van der Waals surface area (Å²) in [6.07, 6.45) is 3.33. The molecule has 0 aliphatic carbocycles. The average Bonchev–Trinajstić information content (AvgIpc) is 2.47. The molecule has 1 aromatic carbocycles. The largest absolute Gasteiger partial charge is 0.493 e. The Hall–Kier alpha value is -2.50. The summed E-state index contributed by atoms with van der Waals surface area (Å²) in [5, 5.41) is 11.3. The molecule has 0 radical (unpaired) electrons. The van der Waals surface area contributed by atoms with Gasteiger partial charge in [-0.3, -0.25) is 4.79 Å². The maximum absolute atomic E-state index is 11.1. The van der Waals surface area contributed by atoms with Crippen molar-refractivity contribution in [1.82, 2.24) is 5.32 Å². The molecule has 6 heteroatoms. The van der Waals surface area contributed by atoms with Crippen LogP contribution in [0, 0.1) is 0 Å². The number of hydrogen-bond donors (Lipinski definition) is 2. The van der Waals surface area contributed by atoms with Crippen molar-refractivity contribution >= 4 is 18.0 Å². The lowest BCUT2D eigenvalue weighted by molar-refractivity contribution is -0.134. The van der Waals surface area contributed by atoms with Crippen LogP contribution in [0.3, 0.4) is 0 Å². The second-order valence-electron chi connectivity index (χ2n) is 4.66. The molecule has 0 aliphatic heterocycles. The number of carboxylic acid groups (broad SMARTS) is 1. The molecule has 0 saturated heterocycles. The molecule has 1 amide bonds. The molecule has 22 heavy (non-hydrogen) atoms. The van der Waals surface area contributed by atoms with Crippen LogP contribution in [0.4, 0.5) is 0 Å². The lowest BCUT2D eigenvalue weighted by atomic mass is 10.1. The number of unbranched alkanes of at least 4 members (excludes halogenated alkanes) is 1. The molecule has 120 valence electrons. The number of carbonyl (C=O) groups excluding carboxylic acids is 1. The first-order valence-electron chi connectivity index (χ1n) is 7.01. The van der Waals surface area contributed by atoms with Crippen molar-refractivity contribution < 1.29 is 24.2 Å². The van der Waals surface area contributed by atoms with Crippen LogP contribution in [0.25, 0.3) is 6.08 Å². The fourth-order valence-electron chi connectivity index (χ4n) is 1.73. The number of benzene rings is 1. The number of amides is 1. The van der Waals surface area contributed by atoms with Crippen LogP contribution in [-0.2, 0) is 9.59 Å². The second-order valence-corrected chi connectivity index (χ2v) is 4.66. The molecule has 0 atom stereocenters. The zero-order chi connectivity index (χ0) is 16.5. The van der Waals surface area contributed by atoms with Crippen molar-refractivity contribution in [2.45, 2.75) is 26.7 Å². The van der Waals surface area contributed by atoms with Gasteiger partial charge in [-0.1, -0.05) is 19.4 Å². The predicted octanol–water partition coefficient (Wildman–Crippen LogP) is 2.44. The zero-order valence-electron chi connectivity index (χ0n) is 13.0. The minimum atomic E-state index is -1.21. The van der Waals surface area contributed by atoms with Gasteiger partial charge < -0.3 is 19.9 Å². The van der Waals surface area contributed by atoms with Crippen molar-refractivity contribution in [3.05, 3.63) is 29.5 Å². The molecule has 6 nitrogen and oxygen atoms in total. The van der Waals surface area contributed by atoms with Crippen LogP contribution in [0.5, 0.6) is 11.5 Å². The number of methoxy groups -OCH3 is 1. The first kappa shape index (κ1) is 17.6. The summed E-state index contributed by atoms with van der Waals surface area (Å²) in [6, 6.07) is 5.08. The van der Waals surface area contributed by atoms with Crippen molar-refractivity contribution in [1.29, 1.82) is 0 Å². The number of rotatable bonds is 8. The first-order valence-corrected chi connectivity index (χ1v) is 7.01. The van der Waals surface area contributed by atoms with Crippen LogP contribution >= 0.6 is 0 Å². The molecule has 0 heterocycles. The van der Waals surface area contributed by atoms with E-state index in [1.165, 1.54) is 20.1 Å². The third-order valence-electron chi connectivity index (χ3n) is 2.80. The van der Waals surface area contributed by atoms with Crippen LogP contribution in [-0.4, -0.2) is 30.7 Å². The van der Waals surface area contributed by atoms with Gasteiger partial charge in [0.2, 0.25) is 5.91 Å². The highest BCUT2D eigenvalue weighted by molar-refractivity contribution is 5.96. The van der Waals surface area contributed by atoms with Gasteiger partial charge in [0.25, 0.3) is 0 Å². The van der Waals surface area contributed by atoms with Gasteiger partial charge in [0, 0.05) is 6.92 Å². The molecule has 0 aliphatic rings. The van der Waals surface area contributed by atoms with Crippen molar-refractivity contribution in [2.75, 3.05) is 13.7 Å². The second kappa shape index (κ2) is 8.71. The fraction of sp³-hybridized carbons (Fsp3) is 0.375. The third-order valence-corrected chi connectivity index (χ3v) is 2.80. The summed E-state index contributed by atoms with van der Waals surface area (Å²) in [5.74, 6) is -0.542. The summed E-state index contributed by atoms with van der Waals surface area (Å²) in [5.41, 5.74) is 0.389. The van der Waals surface area contributed by atoms with Gasteiger partial charge in [0.15, 0.2) is 11.5 Å². The van der Waals surface area contributed by atoms with E-state index < -0.39 is 11.9 Å². The van der Waals surface area contributed by atoms with E-state index >= 15 is 0 Å². The molecule has 1 aromatic rings. The predicted molar refractivity (Wildman–Crippen MR) is 82.8 cm³/mol. The molecule has 0 saturated carbocycles. The van der Waals surface area contributed by atoms with Gasteiger partial charge in [-0.15, -0.1) is 0 Å². The SMILES string of the molecule is CCCCOc1ccc(/C=C(\NC(C)=O)C(=O)O)cc1OC. The molecule has 0 aromatic heterocycles. The van der Waals surface area contributed by atoms with E-state index in [4.69, 9.17) is 14.6 Å². The van der Waals surface area contributed by atoms with E-state index in [2.05, 4.69) is 12.2 Å². The monoisotopic (exact) mass is 307 g/mol. The van der Waals surface area contributed by atoms with Crippen LogP contribution in [0.2, 0.25) is 0 Å². The molecule has 0 bridgehead atoms. The lowest BCUT2D eigenvalue weighted by Gasteiger charge is -2.11. The minimum Gasteiger partial charge on any atom is -0.493 e. The Kier molecular flexibility index (Phi) is 6.95. The summed E-state index contributed by atoms with van der Waals surface area (Å²) >= 11 is 0. The highest BCUT2D eigenvalue weighted by atomic mass is 16.5. The fourth-order valence-corrected chi connectivity index (χ4v) is 1.73. The van der Waals surface area contributed by atoms with Crippen LogP contribution in [0.1, 0.15) is 32.3 Å². The first-order chi connectivity index (χ1) is 10.5. The Morgan fingerprint density at radius 1 is 1.32 bits per heavy atom. The summed E-state index contributed by atoms with van der Waals surface area (Å²) in [6.45, 7) is 3.92. The summed E-state index contributed by atoms with van der Waals surface area (Å²) in [7, 11) is 1.52. The van der Waals surface area contributed by atoms with E-state index in [9.17, 15) is 9.59 Å². The van der Waals surface area contributed by atoms with Crippen molar-refractivity contribution in [3.63, 3.8) is 0 Å². The molecule has 2 N–H and O–H groups in total. The van der Waals surface area contributed by atoms with Crippen LogP contribution in [0.15, 0.2) is 23.9 Å². The van der Waals surface area contributed by atoms with Crippen LogP contribution < -0.4 is 14.8 Å². The van der Waals surface area contributed by atoms with Gasteiger partial charge in [-0.05, 0) is 30.2 Å². The van der Waals surface area contributed by atoms with Gasteiger partial charge in [-0.2, -0.15) is 0 Å². The molecule has 0 spiro atoms. The summed E-state index contributed by atoms with van der Waals surface area (Å²) < 4.78 is 10.9. The number of carboxylic acids is 1. The van der Waals surface area contributed by atoms with E-state index in [0.29, 0.717) is 23.7 Å². The van der Waals surface area contributed by atoms with E-state index in [-0.39, 0.29) is 5.70 Å². The van der Waals surface area contributed by atoms with E-state index in [1.807, 2.05) is 0 Å². The number of carbonyl (C=O) groups is 2. The van der Waals surface area contributed by atoms with Gasteiger partial charge >= 0.3 is 5.97 Å². The third kappa shape index (κ3) is 5.47. The Balaban J connectivity index is 3.00. The zero-order valence-corrected chi connectivity index (χ0v) is 13.0. The van der Waals surface area contributed by atoms with Crippen molar-refractivity contribution in [2.24, 2.45) is 0 Å². The average molecular weight is 307 g/mol. The highest BCUT2D eigenvalue weighted by Crippen LogP contribution is 2.29. The molecular weight excluding hydrogens is 286 g/mol. The molecule has 0 unspecified atom stereocenters. The number of ether oxygens (including phenoxy) is 2. The van der Waals surface area contributed by atoms with E-state index in [0.717, 1.165) is 12.8 Å². The normalized spacial score (nSPS) is 11.0. The Labute approximate surface area is 129 Å². The Bertz CT molecular complexity index is 566. The number of nitrogens with one attached hydrogen (secondary N) is 1. The summed E-state index contributed by atoms with van der Waals surface area (Å²) in [4.78, 5) is 22.1. The highest BCUT2D eigenvalue weighted by Gasteiger charge is 2.10. The standard InChI is InChI=1S/C16H21NO5/c1-4-5-8-22-14-7-6-12(10-15(14)21-3)9-13(16(19)20)17-11(2)18/h6-7,9-10H,4-5,8H2,1-3H3,(H,17,18)(H,19,20)/b13-9-. The Morgan fingerprint density at radius 2 is 2.05 bits per heavy atom. The number of hydrogen-bond acceptors (Lipinski definition) is 4. The maximum Gasteiger partial charge on any atom is 0.352 e. The topological polar surface area (TPSA) is 84.9 Å². The quantitative estimate of drug-likeness (QED) is 0.569. The van der Waals surface area contributed by atoms with E-state index in [1.54, 1.807) is 18.2 Å². The molecule has 1 rings (SSSR count). The van der Waals surface area contributed by atoms with Crippen molar-refractivity contribution in [3.8, 4) is 11.5 Å². The van der Waals surface area contributed by atoms with Gasteiger partial charge in [0.05, 0.1) is 13.7 Å². The lowest BCUT2D eigenvalue weighted by Crippen LogP contribution is -2.24.